The van der Waals surface area contributed by atoms with E-state index in [0.29, 0.717) is 17.3 Å². The fraction of sp³-hybridized carbons (Fsp3) is 0.214. The molecular weight excluding hydrogens is 295 g/mol. The van der Waals surface area contributed by atoms with Gasteiger partial charge in [0.15, 0.2) is 0 Å². The fourth-order valence-electron chi connectivity index (χ4n) is 2.06. The second kappa shape index (κ2) is 4.97. The Morgan fingerprint density at radius 3 is 2.41 bits per heavy atom. The van der Waals surface area contributed by atoms with E-state index in [-0.39, 0.29) is 0 Å². The summed E-state index contributed by atoms with van der Waals surface area (Å²) in [5, 5.41) is 7.15. The summed E-state index contributed by atoms with van der Waals surface area (Å²) in [5.74, 6) is 1.05. The highest BCUT2D eigenvalue weighted by Crippen LogP contribution is 2.30. The maximum atomic E-state index is 12.6. The Hall–Kier alpha value is -2.64. The largest absolute Gasteiger partial charge is 0.416 e. The maximum Gasteiger partial charge on any atom is 0.416 e. The molecule has 0 saturated heterocycles. The minimum Gasteiger partial charge on any atom is -0.340 e. The number of hydrogen-bond acceptors (Lipinski definition) is 4. The summed E-state index contributed by atoms with van der Waals surface area (Å²) < 4.78 is 39.3. The van der Waals surface area contributed by atoms with E-state index >= 15 is 0 Å². The van der Waals surface area contributed by atoms with E-state index in [1.165, 1.54) is 23.0 Å². The van der Waals surface area contributed by atoms with Crippen molar-refractivity contribution in [2.24, 2.45) is 0 Å². The van der Waals surface area contributed by atoms with E-state index in [9.17, 15) is 13.2 Å². The molecule has 114 valence electrons. The highest BCUT2D eigenvalue weighted by Gasteiger charge is 2.30. The van der Waals surface area contributed by atoms with Crippen molar-refractivity contribution in [2.45, 2.75) is 20.0 Å². The predicted octanol–water partition coefficient (Wildman–Crippen LogP) is 3.50. The molecule has 0 fully saturated rings. The summed E-state index contributed by atoms with van der Waals surface area (Å²) in [5.41, 5.74) is 1.46. The van der Waals surface area contributed by atoms with E-state index in [4.69, 9.17) is 0 Å². The lowest BCUT2D eigenvalue weighted by atomic mass is 10.2. The van der Waals surface area contributed by atoms with Crippen LogP contribution in [-0.2, 0) is 6.18 Å². The molecule has 2 aromatic heterocycles. The number of hydrogen-bond donors (Lipinski definition) is 1. The van der Waals surface area contributed by atoms with Crippen molar-refractivity contribution in [3.05, 3.63) is 47.4 Å². The summed E-state index contributed by atoms with van der Waals surface area (Å²) in [4.78, 5) is 8.31. The molecule has 1 aromatic carbocycles. The van der Waals surface area contributed by atoms with Crippen LogP contribution in [0, 0.1) is 13.8 Å². The van der Waals surface area contributed by atoms with Gasteiger partial charge in [-0.25, -0.2) is 4.98 Å². The Kier molecular flexibility index (Phi) is 3.23. The van der Waals surface area contributed by atoms with Gasteiger partial charge in [-0.2, -0.15) is 27.8 Å². The van der Waals surface area contributed by atoms with Crippen LogP contribution in [0.2, 0.25) is 0 Å². The van der Waals surface area contributed by atoms with E-state index in [1.807, 2.05) is 13.8 Å². The molecule has 0 spiro atoms. The van der Waals surface area contributed by atoms with Crippen molar-refractivity contribution in [1.82, 2.24) is 19.6 Å². The van der Waals surface area contributed by atoms with Crippen LogP contribution < -0.4 is 5.32 Å². The molecule has 0 atom stereocenters. The number of nitrogens with zero attached hydrogens (tertiary/aromatic N) is 4. The minimum absolute atomic E-state index is 0.428. The van der Waals surface area contributed by atoms with Crippen molar-refractivity contribution >= 4 is 17.3 Å². The lowest BCUT2D eigenvalue weighted by Gasteiger charge is -2.13. The summed E-state index contributed by atoms with van der Waals surface area (Å²) in [6.07, 6.45) is -2.97. The smallest absolute Gasteiger partial charge is 0.340 e. The molecule has 0 saturated carbocycles. The Balaban J connectivity index is 2.00. The summed E-state index contributed by atoms with van der Waals surface area (Å²) in [7, 11) is 0. The van der Waals surface area contributed by atoms with Gasteiger partial charge in [0.1, 0.15) is 12.1 Å². The van der Waals surface area contributed by atoms with Crippen LogP contribution in [0.4, 0.5) is 24.7 Å². The number of fused-ring (bicyclic) bond motifs is 1. The van der Waals surface area contributed by atoms with Crippen molar-refractivity contribution < 1.29 is 13.2 Å². The van der Waals surface area contributed by atoms with Crippen molar-refractivity contribution in [2.75, 3.05) is 5.32 Å². The van der Waals surface area contributed by atoms with E-state index in [1.54, 1.807) is 0 Å². The molecule has 2 heterocycles. The SMILES string of the molecule is Cc1nc2ncnn2c(Nc2ccc(C(F)(F)F)cc2)c1C. The number of rotatable bonds is 2. The first kappa shape index (κ1) is 14.3. The van der Waals surface area contributed by atoms with Gasteiger partial charge in [-0.15, -0.1) is 0 Å². The minimum atomic E-state index is -4.35. The molecule has 1 N–H and O–H groups in total. The van der Waals surface area contributed by atoms with Crippen LogP contribution >= 0.6 is 0 Å². The van der Waals surface area contributed by atoms with Gasteiger partial charge >= 0.3 is 6.18 Å². The second-order valence-corrected chi connectivity index (χ2v) is 4.84. The third-order valence-electron chi connectivity index (χ3n) is 3.38. The van der Waals surface area contributed by atoms with Crippen LogP contribution in [0.15, 0.2) is 30.6 Å². The van der Waals surface area contributed by atoms with Crippen LogP contribution in [0.25, 0.3) is 5.78 Å². The molecule has 5 nitrogen and oxygen atoms in total. The quantitative estimate of drug-likeness (QED) is 0.787. The van der Waals surface area contributed by atoms with Gasteiger partial charge in [0.25, 0.3) is 5.78 Å². The Bertz CT molecular complexity index is 821. The van der Waals surface area contributed by atoms with E-state index in [0.717, 1.165) is 23.4 Å². The average molecular weight is 307 g/mol. The molecule has 0 bridgehead atoms. The maximum absolute atomic E-state index is 12.6. The molecule has 3 aromatic rings. The number of anilines is 2. The number of alkyl halides is 3. The third kappa shape index (κ3) is 2.47. The number of benzene rings is 1. The van der Waals surface area contributed by atoms with Gasteiger partial charge in [0.2, 0.25) is 0 Å². The Morgan fingerprint density at radius 2 is 1.77 bits per heavy atom. The molecular formula is C14H12F3N5. The van der Waals surface area contributed by atoms with Crippen molar-refractivity contribution in [3.63, 3.8) is 0 Å². The van der Waals surface area contributed by atoms with Gasteiger partial charge < -0.3 is 5.32 Å². The zero-order valence-corrected chi connectivity index (χ0v) is 11.8. The standard InChI is InChI=1S/C14H12F3N5/c1-8-9(2)20-13-18-7-19-22(13)12(8)21-11-5-3-10(4-6-11)14(15,16)17/h3-7,21H,1-2H3. The predicted molar refractivity (Wildman–Crippen MR) is 75.0 cm³/mol. The lowest BCUT2D eigenvalue weighted by Crippen LogP contribution is -2.07. The number of nitrogens with one attached hydrogen (secondary N) is 1. The van der Waals surface area contributed by atoms with Gasteiger partial charge in [-0.05, 0) is 38.1 Å². The molecule has 0 radical (unpaired) electrons. The van der Waals surface area contributed by atoms with Crippen LogP contribution in [0.5, 0.6) is 0 Å². The lowest BCUT2D eigenvalue weighted by molar-refractivity contribution is -0.137. The normalized spacial score (nSPS) is 11.9. The first-order valence-corrected chi connectivity index (χ1v) is 6.47. The Morgan fingerprint density at radius 1 is 1.09 bits per heavy atom. The Labute approximate surface area is 123 Å². The molecule has 0 unspecified atom stereocenters. The summed E-state index contributed by atoms with van der Waals surface area (Å²) in [6, 6.07) is 4.82. The van der Waals surface area contributed by atoms with Crippen LogP contribution in [0.1, 0.15) is 16.8 Å². The number of aryl methyl sites for hydroxylation is 1. The first-order valence-electron chi connectivity index (χ1n) is 6.47. The highest BCUT2D eigenvalue weighted by atomic mass is 19.4. The van der Waals surface area contributed by atoms with Crippen LogP contribution in [-0.4, -0.2) is 19.6 Å². The van der Waals surface area contributed by atoms with E-state index < -0.39 is 11.7 Å². The monoisotopic (exact) mass is 307 g/mol. The average Bonchev–Trinajstić information content (AvgIpc) is 2.91. The van der Waals surface area contributed by atoms with Gasteiger partial charge in [0.05, 0.1) is 5.56 Å². The molecule has 3 rings (SSSR count). The van der Waals surface area contributed by atoms with Gasteiger partial charge in [-0.1, -0.05) is 0 Å². The summed E-state index contributed by atoms with van der Waals surface area (Å²) >= 11 is 0. The zero-order chi connectivity index (χ0) is 15.9. The van der Waals surface area contributed by atoms with E-state index in [2.05, 4.69) is 20.4 Å². The molecule has 8 heteroatoms. The highest BCUT2D eigenvalue weighted by molar-refractivity contribution is 5.62. The molecule has 0 aliphatic carbocycles. The summed E-state index contributed by atoms with van der Waals surface area (Å²) in [6.45, 7) is 3.69. The molecule has 22 heavy (non-hydrogen) atoms. The van der Waals surface area contributed by atoms with Gasteiger partial charge in [-0.3, -0.25) is 0 Å². The second-order valence-electron chi connectivity index (χ2n) is 4.84. The molecule has 0 aliphatic rings. The first-order chi connectivity index (χ1) is 10.4. The third-order valence-corrected chi connectivity index (χ3v) is 3.38. The van der Waals surface area contributed by atoms with Crippen molar-refractivity contribution in [1.29, 1.82) is 0 Å². The number of aromatic nitrogens is 4. The number of halogens is 3. The van der Waals surface area contributed by atoms with Gasteiger partial charge in [0, 0.05) is 16.9 Å². The van der Waals surface area contributed by atoms with Crippen molar-refractivity contribution in [3.8, 4) is 0 Å². The van der Waals surface area contributed by atoms with Crippen LogP contribution in [0.3, 0.4) is 0 Å². The topological polar surface area (TPSA) is 55.1 Å². The molecule has 0 aliphatic heterocycles. The zero-order valence-electron chi connectivity index (χ0n) is 11.8. The molecule has 0 amide bonds. The fourth-order valence-corrected chi connectivity index (χ4v) is 2.06.